The lowest BCUT2D eigenvalue weighted by Crippen LogP contribution is -1.88. The summed E-state index contributed by atoms with van der Waals surface area (Å²) in [4.78, 5) is 0. The minimum atomic E-state index is -3.91. The molecule has 1 aromatic heterocycles. The van der Waals surface area contributed by atoms with Crippen LogP contribution in [0.2, 0.25) is 5.02 Å². The van der Waals surface area contributed by atoms with Gasteiger partial charge >= 0.3 is 0 Å². The number of aromatic nitrogens is 1. The topological polar surface area (TPSA) is 60.2 Å². The fourth-order valence-electron chi connectivity index (χ4n) is 1.04. The molecule has 0 aliphatic heterocycles. The van der Waals surface area contributed by atoms with Gasteiger partial charge in [0.25, 0.3) is 14.1 Å². The zero-order chi connectivity index (χ0) is 9.64. The maximum absolute atomic E-state index is 10.9. The van der Waals surface area contributed by atoms with Gasteiger partial charge in [-0.15, -0.1) is 0 Å². The van der Waals surface area contributed by atoms with Crippen LogP contribution in [0.4, 0.5) is 0 Å². The first-order valence-electron chi connectivity index (χ1n) is 3.60. The van der Waals surface area contributed by atoms with E-state index in [4.69, 9.17) is 22.3 Å². The van der Waals surface area contributed by atoms with Gasteiger partial charge in [0.1, 0.15) is 10.7 Å². The highest BCUT2D eigenvalue weighted by Crippen LogP contribution is 2.44. The number of nitrogens with zero attached hydrogens (tertiary/aromatic N) is 1. The van der Waals surface area contributed by atoms with Crippen LogP contribution < -0.4 is 0 Å². The molecule has 0 radical (unpaired) electrons. The van der Waals surface area contributed by atoms with Gasteiger partial charge in [-0.05, 0) is 12.8 Å². The average Bonchev–Trinajstić information content (AvgIpc) is 2.73. The summed E-state index contributed by atoms with van der Waals surface area (Å²) in [6, 6.07) is 0. The van der Waals surface area contributed by atoms with Gasteiger partial charge in [-0.2, -0.15) is 0 Å². The first-order chi connectivity index (χ1) is 6.00. The number of hydrogen-bond acceptors (Lipinski definition) is 4. The molecule has 1 aliphatic rings. The number of hydrogen-bond donors (Lipinski definition) is 0. The van der Waals surface area contributed by atoms with Crippen molar-refractivity contribution in [2.24, 2.45) is 0 Å². The summed E-state index contributed by atoms with van der Waals surface area (Å²) in [5, 5.41) is 3.15. The van der Waals surface area contributed by atoms with Crippen molar-refractivity contribution in [1.82, 2.24) is 5.16 Å². The molecule has 1 fully saturated rings. The van der Waals surface area contributed by atoms with E-state index in [1.165, 1.54) is 0 Å². The van der Waals surface area contributed by atoms with Crippen molar-refractivity contribution in [3.8, 4) is 0 Å². The smallest absolute Gasteiger partial charge is 0.298 e. The van der Waals surface area contributed by atoms with Crippen LogP contribution in [0.25, 0.3) is 0 Å². The molecule has 0 spiro atoms. The van der Waals surface area contributed by atoms with Crippen LogP contribution in [0.5, 0.6) is 0 Å². The highest BCUT2D eigenvalue weighted by Gasteiger charge is 2.34. The van der Waals surface area contributed by atoms with Crippen molar-refractivity contribution in [1.29, 1.82) is 0 Å². The third-order valence-electron chi connectivity index (χ3n) is 1.82. The highest BCUT2D eigenvalue weighted by atomic mass is 35.7. The molecule has 0 atom stereocenters. The zero-order valence-corrected chi connectivity index (χ0v) is 8.66. The first-order valence-corrected chi connectivity index (χ1v) is 6.28. The Morgan fingerprint density at radius 1 is 1.46 bits per heavy atom. The zero-order valence-electron chi connectivity index (χ0n) is 6.33. The molecule has 13 heavy (non-hydrogen) atoms. The molecule has 4 nitrogen and oxygen atoms in total. The van der Waals surface area contributed by atoms with Gasteiger partial charge in [-0.1, -0.05) is 16.8 Å². The summed E-state index contributed by atoms with van der Waals surface area (Å²) < 4.78 is 26.3. The maximum Gasteiger partial charge on any atom is 0.298 e. The van der Waals surface area contributed by atoms with E-state index in [0.29, 0.717) is 5.69 Å². The normalized spacial score (nSPS) is 17.7. The van der Waals surface area contributed by atoms with E-state index in [2.05, 4.69) is 9.68 Å². The Kier molecular flexibility index (Phi) is 2.05. The number of halogens is 2. The van der Waals surface area contributed by atoms with Gasteiger partial charge in [0.05, 0.1) is 0 Å². The predicted molar refractivity (Wildman–Crippen MR) is 46.5 cm³/mol. The van der Waals surface area contributed by atoms with E-state index >= 15 is 0 Å². The molecular weight excluding hydrogens is 237 g/mol. The van der Waals surface area contributed by atoms with Crippen LogP contribution in [0.3, 0.4) is 0 Å². The van der Waals surface area contributed by atoms with Crippen LogP contribution in [-0.4, -0.2) is 13.6 Å². The maximum atomic E-state index is 10.9. The first kappa shape index (κ1) is 9.30. The minimum absolute atomic E-state index is 0.0255. The standard InChI is InChI=1S/C6H5Cl2NO3S/c7-4-5(3-1-2-3)9-12-6(4)13(8,10)11/h3H,1-2H2. The van der Waals surface area contributed by atoms with Crippen LogP contribution in [0.15, 0.2) is 9.62 Å². The van der Waals surface area contributed by atoms with Crippen LogP contribution >= 0.6 is 22.3 Å². The molecular formula is C6H5Cl2NO3S. The van der Waals surface area contributed by atoms with E-state index in [1.807, 2.05) is 0 Å². The van der Waals surface area contributed by atoms with Crippen molar-refractivity contribution in [2.45, 2.75) is 23.9 Å². The van der Waals surface area contributed by atoms with E-state index in [0.717, 1.165) is 12.8 Å². The lowest BCUT2D eigenvalue weighted by atomic mass is 10.3. The third kappa shape index (κ3) is 1.68. The molecule has 1 aromatic rings. The van der Waals surface area contributed by atoms with E-state index in [1.54, 1.807) is 0 Å². The second-order valence-electron chi connectivity index (χ2n) is 2.88. The summed E-state index contributed by atoms with van der Waals surface area (Å²) in [5.74, 6) is 0.239. The summed E-state index contributed by atoms with van der Waals surface area (Å²) >= 11 is 5.72. The molecule has 2 rings (SSSR count). The molecule has 72 valence electrons. The van der Waals surface area contributed by atoms with Crippen molar-refractivity contribution in [3.05, 3.63) is 10.7 Å². The molecule has 1 heterocycles. The molecule has 0 bridgehead atoms. The molecule has 1 aliphatic carbocycles. The fraction of sp³-hybridized carbons (Fsp3) is 0.500. The van der Waals surface area contributed by atoms with Gasteiger partial charge in [-0.25, -0.2) is 8.42 Å². The molecule has 0 amide bonds. The Labute approximate surface area is 84.2 Å². The summed E-state index contributed by atoms with van der Waals surface area (Å²) in [6.07, 6.45) is 1.93. The Balaban J connectivity index is 2.50. The van der Waals surface area contributed by atoms with Gasteiger partial charge in [0.15, 0.2) is 0 Å². The van der Waals surface area contributed by atoms with Gasteiger partial charge in [-0.3, -0.25) is 0 Å². The highest BCUT2D eigenvalue weighted by molar-refractivity contribution is 8.13. The Morgan fingerprint density at radius 2 is 2.08 bits per heavy atom. The number of rotatable bonds is 2. The average molecular weight is 242 g/mol. The van der Waals surface area contributed by atoms with E-state index in [9.17, 15) is 8.42 Å². The van der Waals surface area contributed by atoms with Gasteiger partial charge < -0.3 is 4.52 Å². The SMILES string of the molecule is O=S(=O)(Cl)c1onc(C2CC2)c1Cl. The minimum Gasteiger partial charge on any atom is -0.341 e. The van der Waals surface area contributed by atoms with E-state index < -0.39 is 14.1 Å². The second kappa shape index (κ2) is 2.87. The summed E-state index contributed by atoms with van der Waals surface area (Å²) in [5.41, 5.74) is 0.501. The monoisotopic (exact) mass is 241 g/mol. The lowest BCUT2D eigenvalue weighted by Gasteiger charge is -1.88. The van der Waals surface area contributed by atoms with Gasteiger partial charge in [0, 0.05) is 16.6 Å². The molecule has 0 unspecified atom stereocenters. The molecule has 1 saturated carbocycles. The van der Waals surface area contributed by atoms with Crippen molar-refractivity contribution < 1.29 is 12.9 Å². The van der Waals surface area contributed by atoms with Crippen LogP contribution in [0.1, 0.15) is 24.5 Å². The Hall–Kier alpha value is -0.260. The van der Waals surface area contributed by atoms with Crippen LogP contribution in [0, 0.1) is 0 Å². The van der Waals surface area contributed by atoms with Crippen molar-refractivity contribution >= 4 is 31.3 Å². The summed E-state index contributed by atoms with van der Waals surface area (Å²) in [6.45, 7) is 0. The Morgan fingerprint density at radius 3 is 2.46 bits per heavy atom. The van der Waals surface area contributed by atoms with Gasteiger partial charge in [0.2, 0.25) is 0 Å². The van der Waals surface area contributed by atoms with E-state index in [-0.39, 0.29) is 10.9 Å². The largest absolute Gasteiger partial charge is 0.341 e. The van der Waals surface area contributed by atoms with Crippen LogP contribution in [-0.2, 0) is 9.05 Å². The second-order valence-corrected chi connectivity index (χ2v) is 5.72. The fourth-order valence-corrected chi connectivity index (χ4v) is 2.44. The third-order valence-corrected chi connectivity index (χ3v) is 3.44. The molecule has 0 saturated heterocycles. The van der Waals surface area contributed by atoms with Crippen molar-refractivity contribution in [2.75, 3.05) is 0 Å². The summed E-state index contributed by atoms with van der Waals surface area (Å²) in [7, 11) is 1.15. The molecule has 0 aromatic carbocycles. The lowest BCUT2D eigenvalue weighted by molar-refractivity contribution is 0.337. The predicted octanol–water partition coefficient (Wildman–Crippen LogP) is 2.13. The Bertz CT molecular complexity index is 435. The quantitative estimate of drug-likeness (QED) is 0.745. The molecule has 7 heteroatoms. The van der Waals surface area contributed by atoms with Crippen molar-refractivity contribution in [3.63, 3.8) is 0 Å². The molecule has 0 N–H and O–H groups in total.